The van der Waals surface area contributed by atoms with E-state index >= 15 is 0 Å². The molecule has 1 saturated heterocycles. The second-order valence-electron chi connectivity index (χ2n) is 5.54. The van der Waals surface area contributed by atoms with Crippen LogP contribution in [0.1, 0.15) is 6.23 Å². The maximum Gasteiger partial charge on any atom is 0.479 e. The van der Waals surface area contributed by atoms with Crippen molar-refractivity contribution in [2.45, 2.75) is 24.5 Å². The summed E-state index contributed by atoms with van der Waals surface area (Å²) < 4.78 is 37.5. The Bertz CT molecular complexity index is 932. The molecule has 0 saturated carbocycles. The number of phosphoric acid groups is 1. The fourth-order valence-electron chi connectivity index (χ4n) is 2.49. The molecule has 0 bridgehead atoms. The third kappa shape index (κ3) is 4.35. The lowest BCUT2D eigenvalue weighted by atomic mass is 10.1. The summed E-state index contributed by atoms with van der Waals surface area (Å²) in [5, 5.41) is 20.3. The number of fused-ring (bicyclic) bond motifs is 1. The van der Waals surface area contributed by atoms with Crippen molar-refractivity contribution in [1.29, 1.82) is 0 Å². The summed E-state index contributed by atoms with van der Waals surface area (Å²) in [6, 6.07) is 0. The quantitative estimate of drug-likeness (QED) is 0.354. The molecule has 3 heterocycles. The van der Waals surface area contributed by atoms with Crippen molar-refractivity contribution in [2.24, 2.45) is 0 Å². The van der Waals surface area contributed by atoms with Crippen molar-refractivity contribution in [3.63, 3.8) is 0 Å². The number of ether oxygens (including phenoxy) is 1. The van der Waals surface area contributed by atoms with Crippen molar-refractivity contribution in [3.05, 3.63) is 19.3 Å². The van der Waals surface area contributed by atoms with Crippen molar-refractivity contribution in [3.8, 4) is 0 Å². The number of aromatic nitrogens is 4. The highest BCUT2D eigenvalue weighted by Gasteiger charge is 2.45. The summed E-state index contributed by atoms with van der Waals surface area (Å²) in [4.78, 5) is 29.9. The molecule has 27 heavy (non-hydrogen) atoms. The standard InChI is InChI=1S/C11H15N5O9P2/c1-26(19,20)25-27(21,22)23-2-5-7(17)8(18)11(24-5)16-4-15-6-9(12)13-3-14-10(6)16/h1,3-5,7-8,11,17-18H,2H2,(H,19,20)(H,21,22)(H2,12,13,14)/t5-,7+,8?,11-/m1/s1. The minimum absolute atomic E-state index is 0.0975. The molecule has 14 nitrogen and oxygen atoms in total. The zero-order valence-electron chi connectivity index (χ0n) is 13.3. The Morgan fingerprint density at radius 2 is 1.96 bits per heavy atom. The lowest BCUT2D eigenvalue weighted by Crippen LogP contribution is -2.33. The highest BCUT2D eigenvalue weighted by atomic mass is 31.3. The molecule has 2 aromatic rings. The first-order chi connectivity index (χ1) is 12.5. The zero-order chi connectivity index (χ0) is 20.0. The van der Waals surface area contributed by atoms with E-state index in [1.165, 1.54) is 17.2 Å². The molecule has 3 rings (SSSR count). The number of hydrogen-bond acceptors (Lipinski definition) is 11. The first-order valence-corrected chi connectivity index (χ1v) is 10.4. The number of nitrogens with two attached hydrogens (primary N) is 1. The molecule has 0 aliphatic carbocycles. The number of nitrogen functional groups attached to an aromatic ring is 1. The van der Waals surface area contributed by atoms with Crippen molar-refractivity contribution >= 4 is 32.4 Å². The number of anilines is 1. The Hall–Kier alpha value is -1.47. The van der Waals surface area contributed by atoms with E-state index in [-0.39, 0.29) is 17.0 Å². The Balaban J connectivity index is 1.75. The number of aliphatic hydroxyl groups is 2. The molecule has 148 valence electrons. The molecule has 2 aromatic heterocycles. The second-order valence-corrected chi connectivity index (χ2v) is 8.52. The minimum Gasteiger partial charge on any atom is -0.387 e. The van der Waals surface area contributed by atoms with Crippen LogP contribution >= 0.6 is 15.4 Å². The lowest BCUT2D eigenvalue weighted by molar-refractivity contribution is -0.0501. The Kier molecular flexibility index (Phi) is 5.38. The van der Waals surface area contributed by atoms with Crippen LogP contribution in [0.4, 0.5) is 5.82 Å². The molecule has 0 aromatic carbocycles. The van der Waals surface area contributed by atoms with Gasteiger partial charge < -0.3 is 30.5 Å². The highest BCUT2D eigenvalue weighted by molar-refractivity contribution is 7.64. The molecule has 6 atom stereocenters. The monoisotopic (exact) mass is 423 g/mol. The molecule has 1 aliphatic rings. The molecule has 3 unspecified atom stereocenters. The smallest absolute Gasteiger partial charge is 0.387 e. The topological polar surface area (TPSA) is 212 Å². The van der Waals surface area contributed by atoms with Gasteiger partial charge in [0.25, 0.3) is 0 Å². The van der Waals surface area contributed by atoms with Crippen molar-refractivity contribution < 1.29 is 42.7 Å². The average molecular weight is 423 g/mol. The summed E-state index contributed by atoms with van der Waals surface area (Å²) in [6.45, 7) is 3.87. The lowest BCUT2D eigenvalue weighted by Gasteiger charge is -2.18. The van der Waals surface area contributed by atoms with E-state index in [1.54, 1.807) is 0 Å². The second kappa shape index (κ2) is 7.17. The third-order valence-corrected chi connectivity index (χ3v) is 5.86. The molecular weight excluding hydrogens is 408 g/mol. The number of imidazole rings is 1. The highest BCUT2D eigenvalue weighted by Crippen LogP contribution is 2.59. The third-order valence-electron chi connectivity index (χ3n) is 3.62. The van der Waals surface area contributed by atoms with E-state index in [9.17, 15) is 24.2 Å². The summed E-state index contributed by atoms with van der Waals surface area (Å²) >= 11 is 0. The first-order valence-electron chi connectivity index (χ1n) is 7.23. The van der Waals surface area contributed by atoms with Gasteiger partial charge >= 0.3 is 15.4 Å². The summed E-state index contributed by atoms with van der Waals surface area (Å²) in [5.41, 5.74) is 6.15. The van der Waals surface area contributed by atoms with Crippen molar-refractivity contribution in [2.75, 3.05) is 12.3 Å². The summed E-state index contributed by atoms with van der Waals surface area (Å²) in [5.74, 6) is 0.0975. The maximum absolute atomic E-state index is 11.6. The van der Waals surface area contributed by atoms with Gasteiger partial charge in [0, 0.05) is 0 Å². The number of phosphoric ester groups is 1. The van der Waals surface area contributed by atoms with Gasteiger partial charge in [0.2, 0.25) is 0 Å². The van der Waals surface area contributed by atoms with Crippen LogP contribution in [0, 0.1) is 6.66 Å². The number of hydrogen-bond donors (Lipinski definition) is 5. The SMILES string of the molecule is [CH]P(=O)(O)OP(=O)(O)OC[C@H]1O[C@@H](n2cnc3c(N)ncnc32)C(O)[C@H]1O. The van der Waals surface area contributed by atoms with Crippen LogP contribution in [0.2, 0.25) is 0 Å². The number of rotatable bonds is 6. The molecule has 6 N–H and O–H groups in total. The van der Waals surface area contributed by atoms with Gasteiger partial charge in [-0.25, -0.2) is 23.8 Å². The Labute approximate surface area is 151 Å². The van der Waals surface area contributed by atoms with E-state index in [1.807, 2.05) is 0 Å². The van der Waals surface area contributed by atoms with Crippen LogP contribution in [-0.4, -0.2) is 64.4 Å². The molecule has 0 spiro atoms. The van der Waals surface area contributed by atoms with Gasteiger partial charge in [0.15, 0.2) is 17.7 Å². The van der Waals surface area contributed by atoms with Crippen LogP contribution in [0.15, 0.2) is 12.7 Å². The van der Waals surface area contributed by atoms with Gasteiger partial charge in [0.05, 0.1) is 19.6 Å². The fourth-order valence-corrected chi connectivity index (χ4v) is 4.20. The normalized spacial score (nSPS) is 30.3. The molecule has 2 radical (unpaired) electrons. The number of nitrogens with zero attached hydrogens (tertiary/aromatic N) is 4. The van der Waals surface area contributed by atoms with Gasteiger partial charge in [-0.3, -0.25) is 13.7 Å². The van der Waals surface area contributed by atoms with Crippen LogP contribution in [-0.2, 0) is 22.7 Å². The molecule has 16 heteroatoms. The van der Waals surface area contributed by atoms with Gasteiger partial charge in [-0.1, -0.05) is 0 Å². The molecular formula is C11H15N5O9P2. The van der Waals surface area contributed by atoms with Crippen LogP contribution in [0.5, 0.6) is 0 Å². The largest absolute Gasteiger partial charge is 0.479 e. The van der Waals surface area contributed by atoms with Crippen LogP contribution in [0.25, 0.3) is 11.2 Å². The Morgan fingerprint density at radius 1 is 1.26 bits per heavy atom. The minimum atomic E-state index is -5.01. The predicted octanol–water partition coefficient (Wildman–Crippen LogP) is -0.985. The van der Waals surface area contributed by atoms with E-state index < -0.39 is 46.6 Å². The fraction of sp³-hybridized carbons (Fsp3) is 0.455. The van der Waals surface area contributed by atoms with Gasteiger partial charge in [-0.2, -0.15) is 0 Å². The predicted molar refractivity (Wildman–Crippen MR) is 86.6 cm³/mol. The Morgan fingerprint density at radius 3 is 2.63 bits per heavy atom. The van der Waals surface area contributed by atoms with E-state index in [0.29, 0.717) is 0 Å². The molecule has 1 fully saturated rings. The van der Waals surface area contributed by atoms with E-state index in [2.05, 4.69) is 30.5 Å². The van der Waals surface area contributed by atoms with Crippen molar-refractivity contribution in [1.82, 2.24) is 19.5 Å². The van der Waals surface area contributed by atoms with Gasteiger partial charge in [0.1, 0.15) is 30.2 Å². The maximum atomic E-state index is 11.6. The molecule has 1 aliphatic heterocycles. The van der Waals surface area contributed by atoms with Gasteiger partial charge in [-0.05, 0) is 0 Å². The summed E-state index contributed by atoms with van der Waals surface area (Å²) in [7, 11) is -9.79. The number of aliphatic hydroxyl groups excluding tert-OH is 2. The van der Waals surface area contributed by atoms with Crippen LogP contribution < -0.4 is 5.73 Å². The summed E-state index contributed by atoms with van der Waals surface area (Å²) in [6.07, 6.45) is -3.05. The van der Waals surface area contributed by atoms with Crippen LogP contribution in [0.3, 0.4) is 0 Å². The molecule has 0 amide bonds. The first kappa shape index (κ1) is 20.3. The zero-order valence-corrected chi connectivity index (χ0v) is 15.1. The van der Waals surface area contributed by atoms with E-state index in [0.717, 1.165) is 0 Å². The average Bonchev–Trinajstić information content (AvgIpc) is 3.07. The van der Waals surface area contributed by atoms with Gasteiger partial charge in [-0.15, -0.1) is 0 Å². The van der Waals surface area contributed by atoms with E-state index in [4.69, 9.17) is 15.4 Å².